The van der Waals surface area contributed by atoms with E-state index < -0.39 is 11.9 Å². The van der Waals surface area contributed by atoms with E-state index in [9.17, 15) is 4.79 Å². The Morgan fingerprint density at radius 1 is 1.45 bits per heavy atom. The van der Waals surface area contributed by atoms with Gasteiger partial charge in [0.25, 0.3) is 0 Å². The minimum absolute atomic E-state index is 0.686. The Labute approximate surface area is 65.7 Å². The average Bonchev–Trinajstić information content (AvgIpc) is 2.36. The molecule has 0 aromatic heterocycles. The lowest BCUT2D eigenvalue weighted by Gasteiger charge is -2.22. The van der Waals surface area contributed by atoms with Crippen LogP contribution in [-0.2, 0) is 9.47 Å². The Balaban J connectivity index is 2.39. The van der Waals surface area contributed by atoms with Crippen molar-refractivity contribution in [2.24, 2.45) is 5.73 Å². The molecule has 11 heavy (non-hydrogen) atoms. The van der Waals surface area contributed by atoms with E-state index in [0.29, 0.717) is 0 Å². The number of hydrogen-bond acceptors (Lipinski definition) is 4. The van der Waals surface area contributed by atoms with Gasteiger partial charge in [-0.1, -0.05) is 0 Å². The predicted molar refractivity (Wildman–Crippen MR) is 38.9 cm³/mol. The average molecular weight is 159 g/mol. The molecule has 0 aromatic rings. The molecule has 4 heteroatoms. The molecule has 64 valence electrons. The van der Waals surface area contributed by atoms with Crippen molar-refractivity contribution in [1.29, 1.82) is 0 Å². The second-order valence-electron chi connectivity index (χ2n) is 2.83. The molecular weight excluding hydrogens is 146 g/mol. The zero-order valence-corrected chi connectivity index (χ0v) is 6.63. The Bertz CT molecular complexity index is 152. The molecule has 0 radical (unpaired) electrons. The highest BCUT2D eigenvalue weighted by molar-refractivity contribution is 5.60. The molecule has 0 spiro atoms. The summed E-state index contributed by atoms with van der Waals surface area (Å²) in [5, 5.41) is 0. The van der Waals surface area contributed by atoms with Crippen LogP contribution in [0.25, 0.3) is 0 Å². The highest BCUT2D eigenvalue weighted by atomic mass is 16.7. The van der Waals surface area contributed by atoms with Crippen LogP contribution in [0.2, 0.25) is 0 Å². The standard InChI is InChI=1S/C7H13NO3/c1-10-6(9)11-7(8)4-2-3-5-7/h2-5,8H2,1H3. The summed E-state index contributed by atoms with van der Waals surface area (Å²) in [4.78, 5) is 10.6. The van der Waals surface area contributed by atoms with Gasteiger partial charge in [-0.15, -0.1) is 0 Å². The van der Waals surface area contributed by atoms with E-state index in [2.05, 4.69) is 4.74 Å². The van der Waals surface area contributed by atoms with Gasteiger partial charge in [0.2, 0.25) is 0 Å². The second-order valence-corrected chi connectivity index (χ2v) is 2.83. The molecule has 0 aromatic carbocycles. The number of ether oxygens (including phenoxy) is 2. The van der Waals surface area contributed by atoms with E-state index >= 15 is 0 Å². The maximum atomic E-state index is 10.6. The topological polar surface area (TPSA) is 61.5 Å². The molecule has 0 aliphatic heterocycles. The lowest BCUT2D eigenvalue weighted by atomic mass is 10.2. The summed E-state index contributed by atoms with van der Waals surface area (Å²) in [5.74, 6) is 0. The van der Waals surface area contributed by atoms with Gasteiger partial charge < -0.3 is 9.47 Å². The minimum Gasteiger partial charge on any atom is -0.438 e. The van der Waals surface area contributed by atoms with E-state index in [1.807, 2.05) is 0 Å². The van der Waals surface area contributed by atoms with E-state index in [1.54, 1.807) is 0 Å². The smallest absolute Gasteiger partial charge is 0.438 e. The highest BCUT2D eigenvalue weighted by Gasteiger charge is 2.33. The lowest BCUT2D eigenvalue weighted by molar-refractivity contribution is -0.0203. The van der Waals surface area contributed by atoms with Gasteiger partial charge in [-0.3, -0.25) is 5.73 Å². The van der Waals surface area contributed by atoms with Crippen LogP contribution in [0, 0.1) is 0 Å². The molecule has 0 heterocycles. The van der Waals surface area contributed by atoms with Crippen molar-refractivity contribution >= 4 is 6.16 Å². The third-order valence-corrected chi connectivity index (χ3v) is 1.90. The van der Waals surface area contributed by atoms with Gasteiger partial charge in [0, 0.05) is 12.8 Å². The SMILES string of the molecule is COC(=O)OC1(N)CCCC1. The summed E-state index contributed by atoms with van der Waals surface area (Å²) in [6.07, 6.45) is 2.83. The van der Waals surface area contributed by atoms with E-state index in [1.165, 1.54) is 7.11 Å². The first-order chi connectivity index (χ1) is 5.16. The molecule has 0 atom stereocenters. The molecule has 2 N–H and O–H groups in total. The molecule has 0 amide bonds. The van der Waals surface area contributed by atoms with E-state index in [-0.39, 0.29) is 0 Å². The van der Waals surface area contributed by atoms with Crippen LogP contribution in [0.15, 0.2) is 0 Å². The predicted octanol–water partition coefficient (Wildman–Crippen LogP) is 0.998. The van der Waals surface area contributed by atoms with Gasteiger partial charge in [-0.2, -0.15) is 0 Å². The highest BCUT2D eigenvalue weighted by Crippen LogP contribution is 2.28. The first-order valence-electron chi connectivity index (χ1n) is 3.72. The number of hydrogen-bond donors (Lipinski definition) is 1. The summed E-state index contributed by atoms with van der Waals surface area (Å²) in [6, 6.07) is 0. The maximum absolute atomic E-state index is 10.6. The molecule has 1 aliphatic rings. The van der Waals surface area contributed by atoms with Crippen LogP contribution in [0.3, 0.4) is 0 Å². The van der Waals surface area contributed by atoms with Crippen molar-refractivity contribution in [2.75, 3.05) is 7.11 Å². The Kier molecular flexibility index (Phi) is 2.34. The fraction of sp³-hybridized carbons (Fsp3) is 0.857. The molecular formula is C7H13NO3. The maximum Gasteiger partial charge on any atom is 0.509 e. The van der Waals surface area contributed by atoms with E-state index in [4.69, 9.17) is 10.5 Å². The summed E-state index contributed by atoms with van der Waals surface area (Å²) < 4.78 is 9.20. The number of nitrogens with two attached hydrogens (primary N) is 1. The van der Waals surface area contributed by atoms with Crippen molar-refractivity contribution in [3.05, 3.63) is 0 Å². The van der Waals surface area contributed by atoms with Gasteiger partial charge in [0.15, 0.2) is 5.72 Å². The van der Waals surface area contributed by atoms with E-state index in [0.717, 1.165) is 25.7 Å². The van der Waals surface area contributed by atoms with Crippen LogP contribution in [0.4, 0.5) is 4.79 Å². The summed E-state index contributed by atoms with van der Waals surface area (Å²) in [7, 11) is 1.28. The van der Waals surface area contributed by atoms with Crippen LogP contribution in [0.5, 0.6) is 0 Å². The van der Waals surface area contributed by atoms with Gasteiger partial charge in [0.1, 0.15) is 0 Å². The number of rotatable bonds is 1. The van der Waals surface area contributed by atoms with Crippen LogP contribution in [-0.4, -0.2) is 19.0 Å². The van der Waals surface area contributed by atoms with Crippen LogP contribution >= 0.6 is 0 Å². The zero-order valence-electron chi connectivity index (χ0n) is 6.63. The van der Waals surface area contributed by atoms with Crippen molar-refractivity contribution in [3.8, 4) is 0 Å². The van der Waals surface area contributed by atoms with Crippen LogP contribution in [0.1, 0.15) is 25.7 Å². The Morgan fingerprint density at radius 3 is 2.45 bits per heavy atom. The molecule has 0 bridgehead atoms. The third kappa shape index (κ3) is 2.08. The summed E-state index contributed by atoms with van der Waals surface area (Å²) in [6.45, 7) is 0. The summed E-state index contributed by atoms with van der Waals surface area (Å²) in [5.41, 5.74) is 4.96. The minimum atomic E-state index is -0.757. The molecule has 1 aliphatic carbocycles. The van der Waals surface area contributed by atoms with Crippen molar-refractivity contribution in [1.82, 2.24) is 0 Å². The largest absolute Gasteiger partial charge is 0.509 e. The second kappa shape index (κ2) is 3.09. The normalized spacial score (nSPS) is 21.3. The summed E-state index contributed by atoms with van der Waals surface area (Å²) >= 11 is 0. The van der Waals surface area contributed by atoms with Crippen LogP contribution < -0.4 is 5.73 Å². The quantitative estimate of drug-likeness (QED) is 0.458. The monoisotopic (exact) mass is 159 g/mol. The zero-order chi connectivity index (χ0) is 8.32. The molecule has 4 nitrogen and oxygen atoms in total. The number of carbonyl (C=O) groups is 1. The Hall–Kier alpha value is -0.770. The molecule has 1 saturated carbocycles. The van der Waals surface area contributed by atoms with Gasteiger partial charge >= 0.3 is 6.16 Å². The first kappa shape index (κ1) is 8.33. The number of carbonyl (C=O) groups excluding carboxylic acids is 1. The van der Waals surface area contributed by atoms with Gasteiger partial charge in [-0.05, 0) is 12.8 Å². The molecule has 1 fully saturated rings. The fourth-order valence-corrected chi connectivity index (χ4v) is 1.28. The molecule has 1 rings (SSSR count). The lowest BCUT2D eigenvalue weighted by Crippen LogP contribution is -2.41. The Morgan fingerprint density at radius 2 is 2.00 bits per heavy atom. The van der Waals surface area contributed by atoms with Crippen molar-refractivity contribution in [2.45, 2.75) is 31.4 Å². The first-order valence-corrected chi connectivity index (χ1v) is 3.72. The van der Waals surface area contributed by atoms with Crippen molar-refractivity contribution < 1.29 is 14.3 Å². The third-order valence-electron chi connectivity index (χ3n) is 1.90. The molecule has 0 unspecified atom stereocenters. The fourth-order valence-electron chi connectivity index (χ4n) is 1.28. The number of methoxy groups -OCH3 is 1. The van der Waals surface area contributed by atoms with Gasteiger partial charge in [-0.25, -0.2) is 4.79 Å². The van der Waals surface area contributed by atoms with Gasteiger partial charge in [0.05, 0.1) is 7.11 Å². The van der Waals surface area contributed by atoms with Crippen molar-refractivity contribution in [3.63, 3.8) is 0 Å². The molecule has 0 saturated heterocycles.